The lowest BCUT2D eigenvalue weighted by atomic mass is 9.93. The van der Waals surface area contributed by atoms with E-state index in [0.29, 0.717) is 0 Å². The topological polar surface area (TPSA) is 17.1 Å². The highest BCUT2D eigenvalue weighted by Gasteiger charge is 2.09. The fourth-order valence-electron chi connectivity index (χ4n) is 2.54. The zero-order valence-electron chi connectivity index (χ0n) is 10.3. The molecule has 0 bridgehead atoms. The zero-order chi connectivity index (χ0) is 12.5. The summed E-state index contributed by atoms with van der Waals surface area (Å²) < 4.78 is 0. The van der Waals surface area contributed by atoms with Crippen molar-refractivity contribution in [3.05, 3.63) is 60.2 Å². The Morgan fingerprint density at radius 1 is 0.833 bits per heavy atom. The van der Waals surface area contributed by atoms with Crippen LogP contribution in [-0.2, 0) is 4.79 Å². The molecule has 0 aliphatic carbocycles. The van der Waals surface area contributed by atoms with Crippen LogP contribution >= 0.6 is 0 Å². The first kappa shape index (κ1) is 11.0. The van der Waals surface area contributed by atoms with E-state index in [1.807, 2.05) is 25.1 Å². The smallest absolute Gasteiger partial charge is 0.127 e. The fourth-order valence-corrected chi connectivity index (χ4v) is 2.54. The summed E-state index contributed by atoms with van der Waals surface area (Å²) in [4.78, 5) is 11.0. The third kappa shape index (κ3) is 1.60. The first-order valence-corrected chi connectivity index (χ1v) is 6.17. The standard InChI is InChI=1S/C17H14O/c1-12(11-18)14-7-4-8-16-15-6-3-2-5-13(15)9-10-17(14)16/h2-12H,1H3. The van der Waals surface area contributed by atoms with Crippen LogP contribution in [0.4, 0.5) is 0 Å². The molecule has 18 heavy (non-hydrogen) atoms. The summed E-state index contributed by atoms with van der Waals surface area (Å²) in [5.74, 6) is -0.0603. The number of aldehydes is 1. The summed E-state index contributed by atoms with van der Waals surface area (Å²) in [5, 5.41) is 4.88. The van der Waals surface area contributed by atoms with Crippen molar-refractivity contribution in [1.82, 2.24) is 0 Å². The molecule has 0 aliphatic heterocycles. The van der Waals surface area contributed by atoms with Gasteiger partial charge in [0.15, 0.2) is 0 Å². The van der Waals surface area contributed by atoms with Crippen molar-refractivity contribution in [1.29, 1.82) is 0 Å². The first-order chi connectivity index (χ1) is 8.81. The number of carbonyl (C=O) groups excluding carboxylic acids is 1. The molecule has 3 aromatic rings. The van der Waals surface area contributed by atoms with Crippen LogP contribution in [0.15, 0.2) is 54.6 Å². The number of benzene rings is 3. The van der Waals surface area contributed by atoms with Crippen LogP contribution < -0.4 is 0 Å². The maximum absolute atomic E-state index is 11.0. The van der Waals surface area contributed by atoms with E-state index >= 15 is 0 Å². The van der Waals surface area contributed by atoms with Crippen molar-refractivity contribution in [2.75, 3.05) is 0 Å². The molecule has 1 atom stereocenters. The molecule has 0 aliphatic rings. The van der Waals surface area contributed by atoms with Crippen LogP contribution in [0.3, 0.4) is 0 Å². The van der Waals surface area contributed by atoms with Gasteiger partial charge < -0.3 is 4.79 Å². The van der Waals surface area contributed by atoms with E-state index in [-0.39, 0.29) is 5.92 Å². The molecule has 88 valence electrons. The van der Waals surface area contributed by atoms with E-state index in [9.17, 15) is 4.79 Å². The molecule has 0 heterocycles. The lowest BCUT2D eigenvalue weighted by Gasteiger charge is -2.11. The second-order valence-electron chi connectivity index (χ2n) is 4.65. The molecular weight excluding hydrogens is 220 g/mol. The van der Waals surface area contributed by atoms with Gasteiger partial charge in [0.05, 0.1) is 0 Å². The number of hydrogen-bond donors (Lipinski definition) is 0. The summed E-state index contributed by atoms with van der Waals surface area (Å²) in [6.45, 7) is 1.94. The molecular formula is C17H14O. The van der Waals surface area contributed by atoms with Crippen LogP contribution in [0, 0.1) is 0 Å². The predicted octanol–water partition coefficient (Wildman–Crippen LogP) is 4.30. The van der Waals surface area contributed by atoms with Crippen LogP contribution in [0.2, 0.25) is 0 Å². The van der Waals surface area contributed by atoms with E-state index < -0.39 is 0 Å². The SMILES string of the molecule is CC(C=O)c1cccc2c1ccc1ccccc12. The van der Waals surface area contributed by atoms with Gasteiger partial charge in [-0.1, -0.05) is 61.5 Å². The monoisotopic (exact) mass is 234 g/mol. The van der Waals surface area contributed by atoms with Gasteiger partial charge in [0.25, 0.3) is 0 Å². The highest BCUT2D eigenvalue weighted by molar-refractivity contribution is 6.08. The Kier molecular flexibility index (Phi) is 2.60. The Bertz CT molecular complexity index is 728. The lowest BCUT2D eigenvalue weighted by Crippen LogP contribution is -1.95. The Labute approximate surface area is 106 Å². The summed E-state index contributed by atoms with van der Waals surface area (Å²) >= 11 is 0. The first-order valence-electron chi connectivity index (χ1n) is 6.17. The van der Waals surface area contributed by atoms with Crippen LogP contribution in [0.1, 0.15) is 18.4 Å². The van der Waals surface area contributed by atoms with Crippen molar-refractivity contribution in [2.24, 2.45) is 0 Å². The molecule has 1 unspecified atom stereocenters. The molecule has 0 spiro atoms. The Hall–Kier alpha value is -2.15. The number of carbonyl (C=O) groups is 1. The molecule has 1 heteroatoms. The van der Waals surface area contributed by atoms with Gasteiger partial charge in [-0.3, -0.25) is 0 Å². The third-order valence-corrected chi connectivity index (χ3v) is 3.52. The summed E-state index contributed by atoms with van der Waals surface area (Å²) in [5.41, 5.74) is 1.10. The fraction of sp³-hybridized carbons (Fsp3) is 0.118. The van der Waals surface area contributed by atoms with Crippen molar-refractivity contribution >= 4 is 27.8 Å². The van der Waals surface area contributed by atoms with Crippen molar-refractivity contribution in [3.63, 3.8) is 0 Å². The number of fused-ring (bicyclic) bond motifs is 3. The van der Waals surface area contributed by atoms with E-state index in [1.54, 1.807) is 0 Å². The van der Waals surface area contributed by atoms with Gasteiger partial charge in [0.1, 0.15) is 6.29 Å². The van der Waals surface area contributed by atoms with Gasteiger partial charge in [-0.2, -0.15) is 0 Å². The second-order valence-corrected chi connectivity index (χ2v) is 4.65. The summed E-state index contributed by atoms with van der Waals surface area (Å²) in [6.07, 6.45) is 1.00. The van der Waals surface area contributed by atoms with Crippen molar-refractivity contribution in [3.8, 4) is 0 Å². The van der Waals surface area contributed by atoms with Gasteiger partial charge >= 0.3 is 0 Å². The minimum atomic E-state index is -0.0603. The molecule has 1 nitrogen and oxygen atoms in total. The zero-order valence-corrected chi connectivity index (χ0v) is 10.3. The molecule has 0 radical (unpaired) electrons. The average Bonchev–Trinajstić information content (AvgIpc) is 2.45. The van der Waals surface area contributed by atoms with Gasteiger partial charge in [0, 0.05) is 5.92 Å². The van der Waals surface area contributed by atoms with Crippen molar-refractivity contribution in [2.45, 2.75) is 12.8 Å². The van der Waals surface area contributed by atoms with Crippen molar-refractivity contribution < 1.29 is 4.79 Å². The quantitative estimate of drug-likeness (QED) is 0.477. The molecule has 0 saturated heterocycles. The normalized spacial score (nSPS) is 12.7. The molecule has 0 saturated carbocycles. The Morgan fingerprint density at radius 2 is 1.61 bits per heavy atom. The van der Waals surface area contributed by atoms with Gasteiger partial charge in [-0.15, -0.1) is 0 Å². The van der Waals surface area contributed by atoms with Crippen LogP contribution in [0.25, 0.3) is 21.5 Å². The molecule has 0 amide bonds. The molecule has 0 N–H and O–H groups in total. The van der Waals surface area contributed by atoms with Crippen LogP contribution in [0.5, 0.6) is 0 Å². The molecule has 3 aromatic carbocycles. The third-order valence-electron chi connectivity index (χ3n) is 3.52. The van der Waals surface area contributed by atoms with Gasteiger partial charge in [-0.25, -0.2) is 0 Å². The molecule has 0 fully saturated rings. The van der Waals surface area contributed by atoms with E-state index in [2.05, 4.69) is 36.4 Å². The van der Waals surface area contributed by atoms with E-state index in [1.165, 1.54) is 21.5 Å². The average molecular weight is 234 g/mol. The number of hydrogen-bond acceptors (Lipinski definition) is 1. The molecule has 3 rings (SSSR count). The van der Waals surface area contributed by atoms with Gasteiger partial charge in [-0.05, 0) is 27.1 Å². The Balaban J connectivity index is 2.43. The predicted molar refractivity (Wildman–Crippen MR) is 75.9 cm³/mol. The van der Waals surface area contributed by atoms with Crippen LogP contribution in [-0.4, -0.2) is 6.29 Å². The minimum Gasteiger partial charge on any atom is -0.303 e. The molecule has 0 aromatic heterocycles. The van der Waals surface area contributed by atoms with E-state index in [4.69, 9.17) is 0 Å². The highest BCUT2D eigenvalue weighted by atomic mass is 16.1. The summed E-state index contributed by atoms with van der Waals surface area (Å²) in [7, 11) is 0. The number of rotatable bonds is 2. The minimum absolute atomic E-state index is 0.0603. The maximum atomic E-state index is 11.0. The summed E-state index contributed by atoms with van der Waals surface area (Å²) in [6, 6.07) is 18.8. The van der Waals surface area contributed by atoms with E-state index in [0.717, 1.165) is 11.8 Å². The second kappa shape index (κ2) is 4.26. The van der Waals surface area contributed by atoms with Gasteiger partial charge in [0.2, 0.25) is 0 Å². The largest absolute Gasteiger partial charge is 0.303 e. The Morgan fingerprint density at radius 3 is 2.44 bits per heavy atom. The lowest BCUT2D eigenvalue weighted by molar-refractivity contribution is -0.108. The maximum Gasteiger partial charge on any atom is 0.127 e. The highest BCUT2D eigenvalue weighted by Crippen LogP contribution is 2.30.